The van der Waals surface area contributed by atoms with Gasteiger partial charge in [-0.25, -0.2) is 10.8 Å². The molecule has 0 radical (unpaired) electrons. The number of hydrazine groups is 1. The van der Waals surface area contributed by atoms with Crippen LogP contribution in [-0.2, 0) is 0 Å². The molecule has 2 aliphatic rings. The van der Waals surface area contributed by atoms with Gasteiger partial charge in [0.25, 0.3) is 0 Å². The summed E-state index contributed by atoms with van der Waals surface area (Å²) in [5.74, 6) is 7.71. The predicted octanol–water partition coefficient (Wildman–Crippen LogP) is 1.06. The average molecular weight is 327 g/mol. The Morgan fingerprint density at radius 1 is 1.32 bits per heavy atom. The highest BCUT2D eigenvalue weighted by Crippen LogP contribution is 2.30. The van der Waals surface area contributed by atoms with Crippen LogP contribution in [-0.4, -0.2) is 47.6 Å². The van der Waals surface area contributed by atoms with E-state index >= 15 is 0 Å². The van der Waals surface area contributed by atoms with E-state index in [1.165, 1.54) is 19.4 Å². The van der Waals surface area contributed by atoms with Crippen LogP contribution in [0.1, 0.15) is 12.8 Å². The normalized spacial score (nSPS) is 20.6. The average Bonchev–Trinajstić information content (AvgIpc) is 3.24. The summed E-state index contributed by atoms with van der Waals surface area (Å²) >= 11 is 3.51. The minimum absolute atomic E-state index is 0.457. The Bertz CT molecular complexity index is 442. The second-order valence-electron chi connectivity index (χ2n) is 5.24. The molecule has 0 spiro atoms. The summed E-state index contributed by atoms with van der Waals surface area (Å²) in [5.41, 5.74) is 2.50. The number of aromatic nitrogens is 2. The third kappa shape index (κ3) is 3.16. The molecule has 1 aliphatic heterocycles. The first kappa shape index (κ1) is 13.1. The summed E-state index contributed by atoms with van der Waals surface area (Å²) in [5, 5.41) is 0. The molecule has 0 unspecified atom stereocenters. The Morgan fingerprint density at radius 2 is 2.05 bits per heavy atom. The quantitative estimate of drug-likeness (QED) is 0.636. The van der Waals surface area contributed by atoms with Crippen LogP contribution in [0.3, 0.4) is 0 Å². The van der Waals surface area contributed by atoms with Crippen LogP contribution in [0.25, 0.3) is 0 Å². The van der Waals surface area contributed by atoms with Crippen LogP contribution >= 0.6 is 15.9 Å². The minimum atomic E-state index is 0.457. The van der Waals surface area contributed by atoms with E-state index < -0.39 is 0 Å². The summed E-state index contributed by atoms with van der Waals surface area (Å²) in [4.78, 5) is 13.4. The number of anilines is 2. The first-order chi connectivity index (χ1) is 9.26. The maximum absolute atomic E-state index is 5.37. The zero-order chi connectivity index (χ0) is 13.2. The lowest BCUT2D eigenvalue weighted by Gasteiger charge is -2.35. The molecule has 1 saturated carbocycles. The zero-order valence-electron chi connectivity index (χ0n) is 10.8. The van der Waals surface area contributed by atoms with E-state index in [0.717, 1.165) is 42.4 Å². The summed E-state index contributed by atoms with van der Waals surface area (Å²) in [7, 11) is 0. The molecule has 104 valence electrons. The number of halogens is 1. The molecule has 0 atom stereocenters. The molecule has 0 amide bonds. The maximum Gasteiger partial charge on any atom is 0.239 e. The van der Waals surface area contributed by atoms with Gasteiger partial charge >= 0.3 is 0 Å². The second kappa shape index (κ2) is 5.60. The van der Waals surface area contributed by atoms with E-state index in [1.54, 1.807) is 6.20 Å². The topological polar surface area (TPSA) is 70.3 Å². The van der Waals surface area contributed by atoms with Crippen LogP contribution in [0, 0.1) is 5.92 Å². The van der Waals surface area contributed by atoms with Crippen molar-refractivity contribution in [1.29, 1.82) is 0 Å². The first-order valence-corrected chi connectivity index (χ1v) is 7.52. The lowest BCUT2D eigenvalue weighted by molar-refractivity contribution is 0.247. The molecule has 1 aromatic heterocycles. The van der Waals surface area contributed by atoms with Gasteiger partial charge in [0.15, 0.2) is 0 Å². The number of nitrogens with one attached hydrogen (secondary N) is 1. The molecule has 0 bridgehead atoms. The SMILES string of the molecule is NNc1ncc(Br)c(N2CCN(CC3CC3)CC2)n1. The van der Waals surface area contributed by atoms with Gasteiger partial charge in [-0.1, -0.05) is 0 Å². The number of hydrogen-bond acceptors (Lipinski definition) is 6. The van der Waals surface area contributed by atoms with Crippen molar-refractivity contribution in [3.8, 4) is 0 Å². The third-order valence-corrected chi connectivity index (χ3v) is 4.30. The molecule has 1 aliphatic carbocycles. The number of rotatable bonds is 4. The molecule has 2 fully saturated rings. The van der Waals surface area contributed by atoms with Crippen molar-refractivity contribution in [3.63, 3.8) is 0 Å². The Kier molecular flexibility index (Phi) is 3.86. The van der Waals surface area contributed by atoms with Crippen LogP contribution in [0.4, 0.5) is 11.8 Å². The second-order valence-corrected chi connectivity index (χ2v) is 6.09. The number of nitrogen functional groups attached to an aromatic ring is 1. The van der Waals surface area contributed by atoms with Crippen LogP contribution in [0.5, 0.6) is 0 Å². The highest BCUT2D eigenvalue weighted by atomic mass is 79.9. The van der Waals surface area contributed by atoms with Crippen molar-refractivity contribution in [1.82, 2.24) is 14.9 Å². The van der Waals surface area contributed by atoms with E-state index in [1.807, 2.05) is 0 Å². The molecule has 3 rings (SSSR count). The molecule has 1 aromatic rings. The summed E-state index contributed by atoms with van der Waals surface area (Å²) in [6.45, 7) is 5.50. The molecular formula is C12H19BrN6. The monoisotopic (exact) mass is 326 g/mol. The van der Waals surface area contributed by atoms with Gasteiger partial charge in [-0.05, 0) is 34.7 Å². The predicted molar refractivity (Wildman–Crippen MR) is 78.9 cm³/mol. The Morgan fingerprint density at radius 3 is 2.68 bits per heavy atom. The van der Waals surface area contributed by atoms with E-state index in [4.69, 9.17) is 5.84 Å². The largest absolute Gasteiger partial charge is 0.353 e. The van der Waals surface area contributed by atoms with Gasteiger partial charge < -0.3 is 4.90 Å². The third-order valence-electron chi connectivity index (χ3n) is 3.74. The van der Waals surface area contributed by atoms with Crippen molar-refractivity contribution in [2.24, 2.45) is 11.8 Å². The van der Waals surface area contributed by atoms with Crippen LogP contribution in [0.2, 0.25) is 0 Å². The molecular weight excluding hydrogens is 308 g/mol. The fourth-order valence-corrected chi connectivity index (χ4v) is 2.90. The van der Waals surface area contributed by atoms with Gasteiger partial charge in [0.2, 0.25) is 5.95 Å². The maximum atomic E-state index is 5.37. The van der Waals surface area contributed by atoms with Gasteiger partial charge in [0, 0.05) is 38.9 Å². The lowest BCUT2D eigenvalue weighted by Crippen LogP contribution is -2.47. The van der Waals surface area contributed by atoms with Crippen molar-refractivity contribution >= 4 is 27.7 Å². The fourth-order valence-electron chi connectivity index (χ4n) is 2.46. The first-order valence-electron chi connectivity index (χ1n) is 6.72. The van der Waals surface area contributed by atoms with Crippen LogP contribution < -0.4 is 16.2 Å². The fraction of sp³-hybridized carbons (Fsp3) is 0.667. The van der Waals surface area contributed by atoms with Gasteiger partial charge in [-0.2, -0.15) is 4.98 Å². The standard InChI is InChI=1S/C12H19BrN6/c13-10-7-15-12(17-14)16-11(10)19-5-3-18(4-6-19)8-9-1-2-9/h7,9H,1-6,8,14H2,(H,15,16,17). The van der Waals surface area contributed by atoms with E-state index in [9.17, 15) is 0 Å². The molecule has 3 N–H and O–H groups in total. The smallest absolute Gasteiger partial charge is 0.239 e. The zero-order valence-corrected chi connectivity index (χ0v) is 12.4. The molecule has 2 heterocycles. The van der Waals surface area contributed by atoms with Gasteiger partial charge in [0.1, 0.15) is 5.82 Å². The van der Waals surface area contributed by atoms with Gasteiger partial charge in [-0.15, -0.1) is 0 Å². The Balaban J connectivity index is 1.63. The highest BCUT2D eigenvalue weighted by Gasteiger charge is 2.27. The molecule has 19 heavy (non-hydrogen) atoms. The molecule has 7 heteroatoms. The van der Waals surface area contributed by atoms with E-state index in [2.05, 4.69) is 41.1 Å². The molecule has 6 nitrogen and oxygen atoms in total. The minimum Gasteiger partial charge on any atom is -0.353 e. The van der Waals surface area contributed by atoms with Gasteiger partial charge in [-0.3, -0.25) is 10.3 Å². The Labute approximate surface area is 121 Å². The van der Waals surface area contributed by atoms with E-state index in [-0.39, 0.29) is 0 Å². The number of piperazine rings is 1. The van der Waals surface area contributed by atoms with Crippen molar-refractivity contribution in [3.05, 3.63) is 10.7 Å². The summed E-state index contributed by atoms with van der Waals surface area (Å²) < 4.78 is 0.919. The lowest BCUT2D eigenvalue weighted by atomic mass is 10.3. The van der Waals surface area contributed by atoms with Crippen molar-refractivity contribution in [2.75, 3.05) is 43.0 Å². The summed E-state index contributed by atoms with van der Waals surface area (Å²) in [6, 6.07) is 0. The van der Waals surface area contributed by atoms with Crippen molar-refractivity contribution < 1.29 is 0 Å². The Hall–Kier alpha value is -0.920. The van der Waals surface area contributed by atoms with Crippen LogP contribution in [0.15, 0.2) is 10.7 Å². The highest BCUT2D eigenvalue weighted by molar-refractivity contribution is 9.10. The van der Waals surface area contributed by atoms with E-state index in [0.29, 0.717) is 5.95 Å². The molecule has 1 saturated heterocycles. The summed E-state index contributed by atoms with van der Waals surface area (Å²) in [6.07, 6.45) is 4.58. The number of hydrogen-bond donors (Lipinski definition) is 2. The van der Waals surface area contributed by atoms with Crippen molar-refractivity contribution in [2.45, 2.75) is 12.8 Å². The molecule has 0 aromatic carbocycles. The number of nitrogens with two attached hydrogens (primary N) is 1. The van der Waals surface area contributed by atoms with Gasteiger partial charge in [0.05, 0.1) is 4.47 Å². The number of nitrogens with zero attached hydrogens (tertiary/aromatic N) is 4.